The van der Waals surface area contributed by atoms with Crippen molar-refractivity contribution in [3.63, 3.8) is 0 Å². The predicted molar refractivity (Wildman–Crippen MR) is 116 cm³/mol. The number of fused-ring (bicyclic) bond motifs is 1. The second-order valence-electron chi connectivity index (χ2n) is 7.03. The molecule has 0 radical (unpaired) electrons. The number of amides is 3. The van der Waals surface area contributed by atoms with Crippen molar-refractivity contribution in [2.24, 2.45) is 0 Å². The molecule has 1 aliphatic heterocycles. The fraction of sp³-hybridized carbons (Fsp3) is 0.429. The summed E-state index contributed by atoms with van der Waals surface area (Å²) in [6.07, 6.45) is -0.813. The van der Waals surface area contributed by atoms with E-state index in [1.165, 1.54) is 0 Å². The standard InChI is InChI=1S/C21H25N3O6S/c1-3-23(4-2)13-31-12-16-10-15-9-14(5-6-17(15)29-20(16)27)11-22-21(28)30-24-18(25)7-8-19(24)26/h5-6,9-10H,3-4,7-8,11-13H2,1-2H3,(H,22,28). The second kappa shape index (κ2) is 10.5. The van der Waals surface area contributed by atoms with Crippen molar-refractivity contribution in [3.8, 4) is 0 Å². The first-order valence-corrected chi connectivity index (χ1v) is 11.2. The second-order valence-corrected chi connectivity index (χ2v) is 7.98. The molecule has 1 aromatic heterocycles. The van der Waals surface area contributed by atoms with Crippen molar-refractivity contribution >= 4 is 40.6 Å². The van der Waals surface area contributed by atoms with Crippen LogP contribution in [0.2, 0.25) is 0 Å². The third-order valence-electron chi connectivity index (χ3n) is 4.91. The fourth-order valence-corrected chi connectivity index (χ4v) is 4.20. The Balaban J connectivity index is 1.62. The van der Waals surface area contributed by atoms with E-state index in [1.54, 1.807) is 30.0 Å². The highest BCUT2D eigenvalue weighted by atomic mass is 32.2. The molecule has 0 saturated carbocycles. The van der Waals surface area contributed by atoms with Gasteiger partial charge in [0.05, 0.1) is 0 Å². The lowest BCUT2D eigenvalue weighted by Crippen LogP contribution is -2.36. The summed E-state index contributed by atoms with van der Waals surface area (Å²) >= 11 is 1.65. The molecule has 9 nitrogen and oxygen atoms in total. The van der Waals surface area contributed by atoms with E-state index in [-0.39, 0.29) is 25.0 Å². The highest BCUT2D eigenvalue weighted by Gasteiger charge is 2.32. The summed E-state index contributed by atoms with van der Waals surface area (Å²) in [6.45, 7) is 6.22. The third kappa shape index (κ3) is 5.86. The van der Waals surface area contributed by atoms with Crippen molar-refractivity contribution in [2.75, 3.05) is 19.0 Å². The van der Waals surface area contributed by atoms with E-state index >= 15 is 0 Å². The molecule has 0 bridgehead atoms. The van der Waals surface area contributed by atoms with Gasteiger partial charge in [-0.1, -0.05) is 19.9 Å². The van der Waals surface area contributed by atoms with Gasteiger partial charge in [0.25, 0.3) is 11.8 Å². The highest BCUT2D eigenvalue weighted by molar-refractivity contribution is 7.98. The van der Waals surface area contributed by atoms with Crippen LogP contribution in [0.4, 0.5) is 4.79 Å². The van der Waals surface area contributed by atoms with Gasteiger partial charge < -0.3 is 14.6 Å². The summed E-state index contributed by atoms with van der Waals surface area (Å²) in [5.41, 5.74) is 1.44. The smallest absolute Gasteiger partial charge is 0.423 e. The zero-order valence-corrected chi connectivity index (χ0v) is 18.3. The maximum atomic E-state index is 12.2. The van der Waals surface area contributed by atoms with Gasteiger partial charge in [0.1, 0.15) is 5.58 Å². The molecule has 166 valence electrons. The summed E-state index contributed by atoms with van der Waals surface area (Å²) < 4.78 is 5.42. The van der Waals surface area contributed by atoms with Gasteiger partial charge in [-0.2, -0.15) is 0 Å². The van der Waals surface area contributed by atoms with Crippen molar-refractivity contribution in [1.29, 1.82) is 0 Å². The zero-order chi connectivity index (χ0) is 22.4. The maximum Gasteiger partial charge on any atom is 0.432 e. The molecule has 0 spiro atoms. The number of imide groups is 1. The van der Waals surface area contributed by atoms with Crippen molar-refractivity contribution < 1.29 is 23.6 Å². The largest absolute Gasteiger partial charge is 0.432 e. The van der Waals surface area contributed by atoms with Crippen LogP contribution in [0.5, 0.6) is 0 Å². The molecule has 1 N–H and O–H groups in total. The Labute approximate surface area is 183 Å². The number of hydrogen-bond donors (Lipinski definition) is 1. The summed E-state index contributed by atoms with van der Waals surface area (Å²) in [4.78, 5) is 54.2. The molecule has 2 heterocycles. The van der Waals surface area contributed by atoms with Crippen LogP contribution in [0.15, 0.2) is 33.5 Å². The average Bonchev–Trinajstić information content (AvgIpc) is 3.07. The fourth-order valence-electron chi connectivity index (χ4n) is 3.06. The molecule has 0 unspecified atom stereocenters. The topological polar surface area (TPSA) is 109 Å². The van der Waals surface area contributed by atoms with Crippen LogP contribution in [-0.4, -0.2) is 46.8 Å². The van der Waals surface area contributed by atoms with E-state index in [2.05, 4.69) is 24.1 Å². The minimum atomic E-state index is -0.892. The number of nitrogens with one attached hydrogen (secondary N) is 1. The summed E-state index contributed by atoms with van der Waals surface area (Å²) in [5, 5.41) is 3.75. The number of nitrogens with zero attached hydrogens (tertiary/aromatic N) is 2. The molecular formula is C21H25N3O6S. The number of rotatable bonds is 9. The summed E-state index contributed by atoms with van der Waals surface area (Å²) in [6, 6.07) is 7.00. The monoisotopic (exact) mass is 447 g/mol. The lowest BCUT2D eigenvalue weighted by atomic mass is 10.1. The minimum absolute atomic E-state index is 0.0392. The van der Waals surface area contributed by atoms with Crippen molar-refractivity contribution in [1.82, 2.24) is 15.3 Å². The molecule has 2 aromatic rings. The van der Waals surface area contributed by atoms with Crippen molar-refractivity contribution in [3.05, 3.63) is 45.8 Å². The highest BCUT2D eigenvalue weighted by Crippen LogP contribution is 2.19. The first-order chi connectivity index (χ1) is 14.9. The molecule has 1 saturated heterocycles. The van der Waals surface area contributed by atoms with Crippen LogP contribution >= 0.6 is 11.8 Å². The Kier molecular flexibility index (Phi) is 7.69. The van der Waals surface area contributed by atoms with Crippen LogP contribution in [0.3, 0.4) is 0 Å². The number of carbonyl (C=O) groups is 3. The molecule has 10 heteroatoms. The van der Waals surface area contributed by atoms with E-state index in [0.29, 0.717) is 22.0 Å². The van der Waals surface area contributed by atoms with Gasteiger partial charge in [0.2, 0.25) is 0 Å². The van der Waals surface area contributed by atoms with Crippen LogP contribution in [0, 0.1) is 0 Å². The molecule has 3 amide bonds. The Morgan fingerprint density at radius 1 is 1.16 bits per heavy atom. The Hall–Kier alpha value is -2.85. The maximum absolute atomic E-state index is 12.2. The molecule has 0 atom stereocenters. The van der Waals surface area contributed by atoms with Gasteiger partial charge in [-0.3, -0.25) is 14.5 Å². The SMILES string of the molecule is CCN(CC)CSCc1cc2cc(CNC(=O)ON3C(=O)CCC3=O)ccc2oc1=O. The summed E-state index contributed by atoms with van der Waals surface area (Å²) in [5.74, 6) is 0.305. The van der Waals surface area contributed by atoms with E-state index in [0.717, 1.165) is 29.9 Å². The molecule has 31 heavy (non-hydrogen) atoms. The predicted octanol–water partition coefficient (Wildman–Crippen LogP) is 2.62. The Morgan fingerprint density at radius 3 is 2.55 bits per heavy atom. The molecule has 3 rings (SSSR count). The van der Waals surface area contributed by atoms with E-state index < -0.39 is 17.9 Å². The first kappa shape index (κ1) is 22.8. The minimum Gasteiger partial charge on any atom is -0.423 e. The Bertz CT molecular complexity index is 1020. The van der Waals surface area contributed by atoms with Crippen LogP contribution < -0.4 is 10.9 Å². The Morgan fingerprint density at radius 2 is 1.87 bits per heavy atom. The third-order valence-corrected chi connectivity index (χ3v) is 5.97. The number of hydrogen-bond acceptors (Lipinski definition) is 8. The van der Waals surface area contributed by atoms with Crippen LogP contribution in [0.25, 0.3) is 11.0 Å². The van der Waals surface area contributed by atoms with Gasteiger partial charge in [0.15, 0.2) is 0 Å². The normalized spacial score (nSPS) is 14.0. The average molecular weight is 448 g/mol. The first-order valence-electron chi connectivity index (χ1n) is 10.1. The van der Waals surface area contributed by atoms with E-state index in [9.17, 15) is 19.2 Å². The zero-order valence-electron chi connectivity index (χ0n) is 17.5. The lowest BCUT2D eigenvalue weighted by molar-refractivity contribution is -0.171. The van der Waals surface area contributed by atoms with Crippen LogP contribution in [0.1, 0.15) is 37.8 Å². The molecule has 1 aliphatic rings. The molecular weight excluding hydrogens is 422 g/mol. The molecule has 1 fully saturated rings. The summed E-state index contributed by atoms with van der Waals surface area (Å²) in [7, 11) is 0. The van der Waals surface area contributed by atoms with Gasteiger partial charge in [-0.15, -0.1) is 16.8 Å². The number of hydroxylamine groups is 2. The van der Waals surface area contributed by atoms with Gasteiger partial charge in [-0.25, -0.2) is 9.59 Å². The van der Waals surface area contributed by atoms with Gasteiger partial charge >= 0.3 is 11.7 Å². The number of benzene rings is 1. The number of carbonyl (C=O) groups excluding carboxylic acids is 3. The quantitative estimate of drug-likeness (QED) is 0.355. The van der Waals surface area contributed by atoms with Gasteiger partial charge in [0, 0.05) is 42.0 Å². The van der Waals surface area contributed by atoms with Crippen LogP contribution in [-0.2, 0) is 26.7 Å². The van der Waals surface area contributed by atoms with Crippen molar-refractivity contribution in [2.45, 2.75) is 39.0 Å². The van der Waals surface area contributed by atoms with Gasteiger partial charge in [-0.05, 0) is 36.9 Å². The number of thioether (sulfide) groups is 1. The lowest BCUT2D eigenvalue weighted by Gasteiger charge is -2.16. The molecule has 0 aliphatic carbocycles. The van der Waals surface area contributed by atoms with E-state index in [1.807, 2.05) is 6.07 Å². The van der Waals surface area contributed by atoms with E-state index in [4.69, 9.17) is 9.25 Å². The molecule has 1 aromatic carbocycles.